The average Bonchev–Trinajstić information content (AvgIpc) is 2.20. The van der Waals surface area contributed by atoms with E-state index in [1.165, 1.54) is 12.1 Å². The summed E-state index contributed by atoms with van der Waals surface area (Å²) in [5.41, 5.74) is 0.533. The van der Waals surface area contributed by atoms with Crippen LogP contribution < -0.4 is 5.32 Å². The Balaban J connectivity index is 2.43. The molecule has 1 rings (SSSR count). The molecule has 0 aromatic heterocycles. The molecule has 0 unspecified atom stereocenters. The van der Waals surface area contributed by atoms with Gasteiger partial charge in [0, 0.05) is 6.54 Å². The normalized spacial score (nSPS) is 9.14. The van der Waals surface area contributed by atoms with E-state index in [4.69, 9.17) is 5.26 Å². The lowest BCUT2D eigenvalue weighted by Gasteiger charge is -2.02. The molecule has 14 heavy (non-hydrogen) atoms. The quantitative estimate of drug-likeness (QED) is 0.726. The lowest BCUT2D eigenvalue weighted by molar-refractivity contribution is -0.115. The number of rotatable bonds is 3. The summed E-state index contributed by atoms with van der Waals surface area (Å²) in [5, 5.41) is 10.5. The van der Waals surface area contributed by atoms with Gasteiger partial charge in [-0.15, -0.1) is 0 Å². The molecule has 0 saturated heterocycles. The maximum Gasteiger partial charge on any atom is 0.322 e. The van der Waals surface area contributed by atoms with Gasteiger partial charge in [0.15, 0.2) is 6.07 Å². The maximum absolute atomic E-state index is 13.0. The van der Waals surface area contributed by atoms with Gasteiger partial charge >= 0.3 is 5.91 Å². The second-order valence-electron chi connectivity index (χ2n) is 2.71. The number of hydrogen-bond acceptors (Lipinski definition) is 2. The van der Waals surface area contributed by atoms with Crippen molar-refractivity contribution >= 4 is 5.91 Å². The molecule has 0 aliphatic heterocycles. The second kappa shape index (κ2) is 4.97. The molecule has 0 aliphatic rings. The average molecular weight is 192 g/mol. The Kier molecular flexibility index (Phi) is 3.62. The lowest BCUT2D eigenvalue weighted by atomic mass is 10.1. The highest BCUT2D eigenvalue weighted by molar-refractivity contribution is 5.91. The Morgan fingerprint density at radius 3 is 2.86 bits per heavy atom. The van der Waals surface area contributed by atoms with Crippen LogP contribution in [0.2, 0.25) is 0 Å². The maximum atomic E-state index is 13.0. The van der Waals surface area contributed by atoms with Gasteiger partial charge < -0.3 is 5.32 Å². The van der Waals surface area contributed by atoms with Crippen molar-refractivity contribution in [3.63, 3.8) is 0 Å². The van der Waals surface area contributed by atoms with E-state index < -0.39 is 5.91 Å². The van der Waals surface area contributed by atoms with E-state index in [1.54, 1.807) is 18.2 Å². The third-order valence-electron chi connectivity index (χ3n) is 1.74. The molecule has 4 heteroatoms. The molecule has 0 atom stereocenters. The first-order chi connectivity index (χ1) is 6.74. The van der Waals surface area contributed by atoms with Gasteiger partial charge in [-0.3, -0.25) is 4.79 Å². The fourth-order valence-corrected chi connectivity index (χ4v) is 1.05. The van der Waals surface area contributed by atoms with Crippen LogP contribution in [0.1, 0.15) is 5.56 Å². The fourth-order valence-electron chi connectivity index (χ4n) is 1.05. The van der Waals surface area contributed by atoms with Crippen molar-refractivity contribution in [3.05, 3.63) is 35.6 Å². The number of halogens is 1. The van der Waals surface area contributed by atoms with Gasteiger partial charge in [-0.05, 0) is 18.1 Å². The monoisotopic (exact) mass is 192 g/mol. The third-order valence-corrected chi connectivity index (χ3v) is 1.74. The van der Waals surface area contributed by atoms with E-state index in [0.29, 0.717) is 12.0 Å². The molecule has 1 N–H and O–H groups in total. The number of carbonyl (C=O) groups excluding carboxylic acids is 1. The van der Waals surface area contributed by atoms with Gasteiger partial charge in [0.05, 0.1) is 0 Å². The van der Waals surface area contributed by atoms with E-state index in [-0.39, 0.29) is 12.4 Å². The lowest BCUT2D eigenvalue weighted by Crippen LogP contribution is -2.23. The van der Waals surface area contributed by atoms with E-state index in [1.807, 2.05) is 0 Å². The first-order valence-corrected chi connectivity index (χ1v) is 4.15. The van der Waals surface area contributed by atoms with Crippen molar-refractivity contribution in [1.82, 2.24) is 5.32 Å². The summed E-state index contributed by atoms with van der Waals surface area (Å²) < 4.78 is 13.0. The number of nitriles is 1. The van der Waals surface area contributed by atoms with E-state index in [9.17, 15) is 9.18 Å². The van der Waals surface area contributed by atoms with Crippen LogP contribution in [-0.2, 0) is 11.2 Å². The zero-order chi connectivity index (χ0) is 10.4. The van der Waals surface area contributed by atoms with Crippen molar-refractivity contribution in [2.24, 2.45) is 0 Å². The SMILES string of the molecule is N#CC(=O)NCCc1ccccc1F. The molecule has 1 amide bonds. The van der Waals surface area contributed by atoms with Gasteiger partial charge in [0.2, 0.25) is 0 Å². The highest BCUT2D eigenvalue weighted by atomic mass is 19.1. The van der Waals surface area contributed by atoms with Gasteiger partial charge in [-0.1, -0.05) is 18.2 Å². The predicted octanol–water partition coefficient (Wildman–Crippen LogP) is 1.01. The smallest absolute Gasteiger partial charge is 0.322 e. The topological polar surface area (TPSA) is 52.9 Å². The minimum atomic E-state index is -0.693. The summed E-state index contributed by atoms with van der Waals surface area (Å²) in [4.78, 5) is 10.5. The number of nitrogens with zero attached hydrogens (tertiary/aromatic N) is 1. The van der Waals surface area contributed by atoms with Crippen molar-refractivity contribution < 1.29 is 9.18 Å². The van der Waals surface area contributed by atoms with Gasteiger partial charge in [0.25, 0.3) is 0 Å². The third kappa shape index (κ3) is 2.87. The summed E-state index contributed by atoms with van der Waals surface area (Å²) in [6.07, 6.45) is 0.389. The van der Waals surface area contributed by atoms with Gasteiger partial charge in [-0.25, -0.2) is 4.39 Å². The summed E-state index contributed by atoms with van der Waals surface area (Å²) >= 11 is 0. The number of nitrogens with one attached hydrogen (secondary N) is 1. The fraction of sp³-hybridized carbons (Fsp3) is 0.200. The molecule has 1 aromatic rings. The molecule has 3 nitrogen and oxygen atoms in total. The number of carbonyl (C=O) groups is 1. The van der Waals surface area contributed by atoms with E-state index in [2.05, 4.69) is 5.32 Å². The van der Waals surface area contributed by atoms with Crippen LogP contribution in [0.15, 0.2) is 24.3 Å². The molecule has 1 aromatic carbocycles. The van der Waals surface area contributed by atoms with Crippen LogP contribution in [0.25, 0.3) is 0 Å². The van der Waals surface area contributed by atoms with Crippen LogP contribution in [-0.4, -0.2) is 12.5 Å². The van der Waals surface area contributed by atoms with E-state index in [0.717, 1.165) is 0 Å². The van der Waals surface area contributed by atoms with Crippen molar-refractivity contribution in [2.45, 2.75) is 6.42 Å². The second-order valence-corrected chi connectivity index (χ2v) is 2.71. The first-order valence-electron chi connectivity index (χ1n) is 4.15. The highest BCUT2D eigenvalue weighted by Gasteiger charge is 2.01. The summed E-state index contributed by atoms with van der Waals surface area (Å²) in [7, 11) is 0. The molecular formula is C10H9FN2O. The number of benzene rings is 1. The molecule has 0 aliphatic carbocycles. The predicted molar refractivity (Wildman–Crippen MR) is 48.7 cm³/mol. The van der Waals surface area contributed by atoms with Crippen LogP contribution in [0.3, 0.4) is 0 Å². The molecular weight excluding hydrogens is 183 g/mol. The number of amides is 1. The molecule has 0 bridgehead atoms. The van der Waals surface area contributed by atoms with Crippen LogP contribution >= 0.6 is 0 Å². The van der Waals surface area contributed by atoms with Crippen molar-refractivity contribution in [1.29, 1.82) is 5.26 Å². The van der Waals surface area contributed by atoms with E-state index >= 15 is 0 Å². The minimum Gasteiger partial charge on any atom is -0.343 e. The first kappa shape index (κ1) is 10.2. The zero-order valence-corrected chi connectivity index (χ0v) is 7.46. The molecule has 0 radical (unpaired) electrons. The van der Waals surface area contributed by atoms with Crippen LogP contribution in [0, 0.1) is 17.1 Å². The largest absolute Gasteiger partial charge is 0.343 e. The summed E-state index contributed by atoms with van der Waals surface area (Å²) in [6, 6.07) is 7.76. The van der Waals surface area contributed by atoms with Crippen molar-refractivity contribution in [2.75, 3.05) is 6.54 Å². The Bertz CT molecular complexity index is 371. The van der Waals surface area contributed by atoms with Gasteiger partial charge in [-0.2, -0.15) is 5.26 Å². The van der Waals surface area contributed by atoms with Crippen molar-refractivity contribution in [3.8, 4) is 6.07 Å². The minimum absolute atomic E-state index is 0.271. The Morgan fingerprint density at radius 2 is 2.21 bits per heavy atom. The Morgan fingerprint density at radius 1 is 1.50 bits per heavy atom. The Labute approximate surface area is 81.2 Å². The highest BCUT2D eigenvalue weighted by Crippen LogP contribution is 2.05. The zero-order valence-electron chi connectivity index (χ0n) is 7.46. The van der Waals surface area contributed by atoms with Crippen LogP contribution in [0.4, 0.5) is 4.39 Å². The molecule has 0 fully saturated rings. The Hall–Kier alpha value is -1.89. The molecule has 72 valence electrons. The summed E-state index contributed by atoms with van der Waals surface area (Å²) in [5.74, 6) is -0.986. The van der Waals surface area contributed by atoms with Crippen LogP contribution in [0.5, 0.6) is 0 Å². The molecule has 0 saturated carbocycles. The standard InChI is InChI=1S/C10H9FN2O/c11-9-4-2-1-3-8(9)5-6-13-10(14)7-12/h1-4H,5-6H2,(H,13,14). The summed E-state index contributed by atoms with van der Waals surface area (Å²) in [6.45, 7) is 0.271. The number of hydrogen-bond donors (Lipinski definition) is 1. The van der Waals surface area contributed by atoms with Gasteiger partial charge in [0.1, 0.15) is 5.82 Å². The molecule has 0 heterocycles. The molecule has 0 spiro atoms.